The van der Waals surface area contributed by atoms with Crippen molar-refractivity contribution in [3.63, 3.8) is 0 Å². The van der Waals surface area contributed by atoms with E-state index in [-0.39, 0.29) is 5.15 Å². The van der Waals surface area contributed by atoms with Crippen molar-refractivity contribution in [2.24, 2.45) is 0 Å². The predicted octanol–water partition coefficient (Wildman–Crippen LogP) is 4.40. The average molecular weight is 296 g/mol. The molecule has 0 aliphatic rings. The summed E-state index contributed by atoms with van der Waals surface area (Å²) in [5.74, 6) is 0. The summed E-state index contributed by atoms with van der Waals surface area (Å²) in [7, 11) is 0. The second-order valence-electron chi connectivity index (χ2n) is 3.38. The molecule has 0 amide bonds. The second kappa shape index (κ2) is 5.40. The molecular weight excluding hydrogens is 289 g/mol. The van der Waals surface area contributed by atoms with E-state index in [4.69, 9.17) is 28.5 Å². The molecule has 0 fully saturated rings. The van der Waals surface area contributed by atoms with Crippen LogP contribution in [0.25, 0.3) is 5.70 Å². The third-order valence-corrected chi connectivity index (χ3v) is 4.06. The topological polar surface area (TPSA) is 48.7 Å². The first-order valence-corrected chi connectivity index (χ1v) is 6.42. The molecule has 90 valence electrons. The van der Waals surface area contributed by atoms with Crippen molar-refractivity contribution in [3.8, 4) is 6.07 Å². The van der Waals surface area contributed by atoms with Gasteiger partial charge in [0, 0.05) is 0 Å². The van der Waals surface area contributed by atoms with Crippen molar-refractivity contribution in [2.75, 3.05) is 5.32 Å². The monoisotopic (exact) mass is 295 g/mol. The van der Waals surface area contributed by atoms with Crippen LogP contribution in [0.1, 0.15) is 10.4 Å². The molecule has 1 aromatic carbocycles. The van der Waals surface area contributed by atoms with Crippen molar-refractivity contribution in [3.05, 3.63) is 51.5 Å². The van der Waals surface area contributed by atoms with Crippen LogP contribution >= 0.6 is 34.7 Å². The first kappa shape index (κ1) is 12.9. The molecular formula is C12H7Cl2N3S. The quantitative estimate of drug-likeness (QED) is 0.913. The molecule has 3 nitrogen and oxygen atoms in total. The lowest BCUT2D eigenvalue weighted by Gasteiger charge is -2.09. The summed E-state index contributed by atoms with van der Waals surface area (Å²) in [6.45, 7) is 3.88. The van der Waals surface area contributed by atoms with Gasteiger partial charge in [-0.3, -0.25) is 0 Å². The van der Waals surface area contributed by atoms with Gasteiger partial charge in [0.2, 0.25) is 0 Å². The highest BCUT2D eigenvalue weighted by Gasteiger charge is 2.13. The average Bonchev–Trinajstić information content (AvgIpc) is 2.71. The minimum Gasteiger partial charge on any atom is -0.354 e. The Balaban J connectivity index is 2.28. The van der Waals surface area contributed by atoms with Crippen LogP contribution in [0.15, 0.2) is 30.8 Å². The lowest BCUT2D eigenvalue weighted by Crippen LogP contribution is -1.98. The number of benzene rings is 1. The summed E-state index contributed by atoms with van der Waals surface area (Å²) in [5, 5.41) is 12.7. The molecule has 0 radical (unpaired) electrons. The Kier molecular flexibility index (Phi) is 3.87. The molecule has 0 spiro atoms. The molecule has 0 saturated heterocycles. The van der Waals surface area contributed by atoms with Crippen LogP contribution in [0.4, 0.5) is 5.69 Å². The molecule has 2 rings (SSSR count). The van der Waals surface area contributed by atoms with Crippen molar-refractivity contribution < 1.29 is 0 Å². The highest BCUT2D eigenvalue weighted by molar-refractivity contribution is 7.08. The van der Waals surface area contributed by atoms with E-state index in [9.17, 15) is 0 Å². The zero-order chi connectivity index (χ0) is 13.1. The van der Waals surface area contributed by atoms with Gasteiger partial charge < -0.3 is 5.32 Å². The molecule has 0 bridgehead atoms. The van der Waals surface area contributed by atoms with Gasteiger partial charge in [-0.05, 0) is 23.7 Å². The number of anilines is 1. The lowest BCUT2D eigenvalue weighted by atomic mass is 10.2. The number of hydrogen-bond acceptors (Lipinski definition) is 4. The summed E-state index contributed by atoms with van der Waals surface area (Å²) in [6.07, 6.45) is 0. The van der Waals surface area contributed by atoms with Gasteiger partial charge in [-0.25, -0.2) is 0 Å². The zero-order valence-electron chi connectivity index (χ0n) is 9.08. The van der Waals surface area contributed by atoms with Crippen molar-refractivity contribution in [1.29, 1.82) is 5.26 Å². The number of nitrogens with zero attached hydrogens (tertiary/aromatic N) is 2. The minimum absolute atomic E-state index is 0.258. The SMILES string of the molecule is C=C(Nc1ccccc1C#N)c1snc(Cl)c1Cl. The van der Waals surface area contributed by atoms with E-state index < -0.39 is 0 Å². The van der Waals surface area contributed by atoms with Crippen molar-refractivity contribution in [2.45, 2.75) is 0 Å². The van der Waals surface area contributed by atoms with Crippen molar-refractivity contribution in [1.82, 2.24) is 4.37 Å². The number of nitrogens with one attached hydrogen (secondary N) is 1. The largest absolute Gasteiger partial charge is 0.354 e. The molecule has 18 heavy (non-hydrogen) atoms. The van der Waals surface area contributed by atoms with Crippen LogP contribution in [-0.2, 0) is 0 Å². The summed E-state index contributed by atoms with van der Waals surface area (Å²) in [6, 6.07) is 9.23. The Morgan fingerprint density at radius 3 is 2.72 bits per heavy atom. The normalized spacial score (nSPS) is 9.83. The Hall–Kier alpha value is -1.54. The smallest absolute Gasteiger partial charge is 0.162 e. The number of rotatable bonds is 3. The van der Waals surface area contributed by atoms with Gasteiger partial charge in [0.25, 0.3) is 0 Å². The summed E-state index contributed by atoms with van der Waals surface area (Å²) in [4.78, 5) is 0.661. The van der Waals surface area contributed by atoms with E-state index >= 15 is 0 Å². The van der Waals surface area contributed by atoms with Crippen LogP contribution in [0.5, 0.6) is 0 Å². The Morgan fingerprint density at radius 1 is 1.39 bits per heavy atom. The van der Waals surface area contributed by atoms with Crippen LogP contribution < -0.4 is 5.32 Å². The fourth-order valence-corrected chi connectivity index (χ4v) is 2.52. The van der Waals surface area contributed by atoms with Gasteiger partial charge in [-0.1, -0.05) is 41.9 Å². The second-order valence-corrected chi connectivity index (χ2v) is 4.89. The van der Waals surface area contributed by atoms with E-state index in [0.29, 0.717) is 26.8 Å². The maximum Gasteiger partial charge on any atom is 0.162 e. The number of para-hydroxylation sites is 1. The van der Waals surface area contributed by atoms with E-state index in [1.54, 1.807) is 18.2 Å². The molecule has 1 heterocycles. The highest BCUT2D eigenvalue weighted by Crippen LogP contribution is 2.33. The zero-order valence-corrected chi connectivity index (χ0v) is 11.4. The van der Waals surface area contributed by atoms with Crippen LogP contribution in [0.3, 0.4) is 0 Å². The van der Waals surface area contributed by atoms with Gasteiger partial charge in [0.15, 0.2) is 5.15 Å². The van der Waals surface area contributed by atoms with Crippen LogP contribution in [0, 0.1) is 11.3 Å². The number of halogens is 2. The molecule has 0 aliphatic heterocycles. The van der Waals surface area contributed by atoms with Gasteiger partial charge in [0.05, 0.1) is 26.8 Å². The van der Waals surface area contributed by atoms with E-state index in [1.807, 2.05) is 6.07 Å². The first-order chi connectivity index (χ1) is 8.63. The standard InChI is InChI=1S/C12H7Cl2N3S/c1-7(11-10(13)12(14)17-18-11)16-9-5-3-2-4-8(9)6-15/h2-5,16H,1H2. The van der Waals surface area contributed by atoms with Crippen LogP contribution in [-0.4, -0.2) is 4.37 Å². The third-order valence-electron chi connectivity index (χ3n) is 2.20. The van der Waals surface area contributed by atoms with E-state index in [1.165, 1.54) is 0 Å². The number of aromatic nitrogens is 1. The maximum absolute atomic E-state index is 8.98. The Morgan fingerprint density at radius 2 is 2.11 bits per heavy atom. The number of nitriles is 1. The van der Waals surface area contributed by atoms with E-state index in [2.05, 4.69) is 22.3 Å². The molecule has 1 aromatic heterocycles. The predicted molar refractivity (Wildman–Crippen MR) is 75.9 cm³/mol. The van der Waals surface area contributed by atoms with Gasteiger partial charge in [0.1, 0.15) is 6.07 Å². The summed E-state index contributed by atoms with van der Waals surface area (Å²) in [5.41, 5.74) is 1.77. The highest BCUT2D eigenvalue weighted by atomic mass is 35.5. The van der Waals surface area contributed by atoms with Gasteiger partial charge in [-0.15, -0.1) is 0 Å². The van der Waals surface area contributed by atoms with Gasteiger partial charge >= 0.3 is 0 Å². The molecule has 0 atom stereocenters. The maximum atomic E-state index is 8.98. The lowest BCUT2D eigenvalue weighted by molar-refractivity contribution is 1.47. The Labute approximate surface area is 118 Å². The summed E-state index contributed by atoms with van der Waals surface area (Å²) < 4.78 is 3.93. The first-order valence-electron chi connectivity index (χ1n) is 4.89. The molecule has 2 aromatic rings. The number of hydrogen-bond donors (Lipinski definition) is 1. The van der Waals surface area contributed by atoms with Crippen LogP contribution in [0.2, 0.25) is 10.2 Å². The minimum atomic E-state index is 0.258. The molecule has 0 aliphatic carbocycles. The fraction of sp³-hybridized carbons (Fsp3) is 0. The third kappa shape index (κ3) is 2.49. The van der Waals surface area contributed by atoms with E-state index in [0.717, 1.165) is 11.5 Å². The molecule has 0 unspecified atom stereocenters. The summed E-state index contributed by atoms with van der Waals surface area (Å²) >= 11 is 12.9. The fourth-order valence-electron chi connectivity index (χ4n) is 1.36. The van der Waals surface area contributed by atoms with Crippen molar-refractivity contribution >= 4 is 46.1 Å². The molecule has 0 saturated carbocycles. The van der Waals surface area contributed by atoms with Gasteiger partial charge in [-0.2, -0.15) is 9.64 Å². The molecule has 6 heteroatoms. The Bertz CT molecular complexity index is 643. The molecule has 1 N–H and O–H groups in total.